The summed E-state index contributed by atoms with van der Waals surface area (Å²) in [6.07, 6.45) is 0.703. The Balaban J connectivity index is 1.85. The van der Waals surface area contributed by atoms with Crippen molar-refractivity contribution in [2.75, 3.05) is 13.6 Å². The molecule has 0 radical (unpaired) electrons. The molecule has 0 bridgehead atoms. The van der Waals surface area contributed by atoms with Crippen molar-refractivity contribution in [3.05, 3.63) is 35.6 Å². The molecule has 0 saturated heterocycles. The van der Waals surface area contributed by atoms with E-state index >= 15 is 0 Å². The molecule has 1 unspecified atom stereocenters. The molecule has 1 fully saturated rings. The van der Waals surface area contributed by atoms with Crippen molar-refractivity contribution in [3.8, 4) is 0 Å². The Morgan fingerprint density at radius 3 is 2.76 bits per heavy atom. The van der Waals surface area contributed by atoms with Crippen LogP contribution in [0.3, 0.4) is 0 Å². The summed E-state index contributed by atoms with van der Waals surface area (Å²) in [5.74, 6) is -1.82. The molecule has 2 amide bonds. The molecule has 0 heterocycles. The molecule has 2 rings (SSSR count). The van der Waals surface area contributed by atoms with Crippen LogP contribution in [0, 0.1) is 11.7 Å². The van der Waals surface area contributed by atoms with E-state index in [4.69, 9.17) is 5.11 Å². The van der Waals surface area contributed by atoms with E-state index in [1.807, 2.05) is 0 Å². The molecule has 0 spiro atoms. The summed E-state index contributed by atoms with van der Waals surface area (Å²) in [4.78, 5) is 24.1. The number of aliphatic carboxylic acids is 1. The number of urea groups is 1. The van der Waals surface area contributed by atoms with Gasteiger partial charge in [0.1, 0.15) is 5.82 Å². The largest absolute Gasteiger partial charge is 0.481 e. The van der Waals surface area contributed by atoms with Gasteiger partial charge in [0.15, 0.2) is 0 Å². The minimum Gasteiger partial charge on any atom is -0.481 e. The molecular formula is C15H19FN2O3. The lowest BCUT2D eigenvalue weighted by Crippen LogP contribution is -2.42. The number of carboxylic acids is 1. The summed E-state index contributed by atoms with van der Waals surface area (Å²) in [6, 6.07) is 6.13. The third-order valence-corrected chi connectivity index (χ3v) is 3.72. The van der Waals surface area contributed by atoms with Gasteiger partial charge in [-0.1, -0.05) is 25.1 Å². The Morgan fingerprint density at radius 2 is 2.14 bits per heavy atom. The third-order valence-electron chi connectivity index (χ3n) is 3.72. The number of amides is 2. The molecule has 1 aliphatic carbocycles. The highest BCUT2D eigenvalue weighted by atomic mass is 19.1. The van der Waals surface area contributed by atoms with Crippen molar-refractivity contribution >= 4 is 12.0 Å². The molecule has 114 valence electrons. The highest BCUT2D eigenvalue weighted by molar-refractivity contribution is 5.76. The van der Waals surface area contributed by atoms with E-state index in [0.717, 1.165) is 0 Å². The number of halogens is 1. The monoisotopic (exact) mass is 294 g/mol. The predicted molar refractivity (Wildman–Crippen MR) is 75.5 cm³/mol. The van der Waals surface area contributed by atoms with Crippen molar-refractivity contribution in [3.63, 3.8) is 0 Å². The van der Waals surface area contributed by atoms with Gasteiger partial charge in [-0.15, -0.1) is 0 Å². The average molecular weight is 294 g/mol. The van der Waals surface area contributed by atoms with Crippen LogP contribution < -0.4 is 5.32 Å². The van der Waals surface area contributed by atoms with Crippen molar-refractivity contribution in [2.24, 2.45) is 5.92 Å². The van der Waals surface area contributed by atoms with Crippen molar-refractivity contribution < 1.29 is 19.1 Å². The lowest BCUT2D eigenvalue weighted by molar-refractivity contribution is -0.141. The van der Waals surface area contributed by atoms with Gasteiger partial charge < -0.3 is 15.3 Å². The highest BCUT2D eigenvalue weighted by Crippen LogP contribution is 2.41. The smallest absolute Gasteiger partial charge is 0.317 e. The van der Waals surface area contributed by atoms with Crippen LogP contribution >= 0.6 is 0 Å². The minimum atomic E-state index is -0.940. The Labute approximate surface area is 122 Å². The molecule has 0 aromatic heterocycles. The summed E-state index contributed by atoms with van der Waals surface area (Å²) in [5, 5.41) is 11.6. The van der Waals surface area contributed by atoms with Gasteiger partial charge in [0, 0.05) is 25.6 Å². The lowest BCUT2D eigenvalue weighted by Gasteiger charge is -2.20. The summed E-state index contributed by atoms with van der Waals surface area (Å²) < 4.78 is 13.6. The molecule has 1 aliphatic rings. The van der Waals surface area contributed by atoms with E-state index < -0.39 is 11.9 Å². The number of rotatable bonds is 5. The Hall–Kier alpha value is -2.11. The molecule has 5 nitrogen and oxygen atoms in total. The first kappa shape index (κ1) is 15.3. The molecule has 0 aliphatic heterocycles. The van der Waals surface area contributed by atoms with E-state index in [2.05, 4.69) is 5.32 Å². The van der Waals surface area contributed by atoms with Gasteiger partial charge >= 0.3 is 12.0 Å². The molecule has 21 heavy (non-hydrogen) atoms. The summed E-state index contributed by atoms with van der Waals surface area (Å²) >= 11 is 0. The topological polar surface area (TPSA) is 69.6 Å². The van der Waals surface area contributed by atoms with Crippen LogP contribution in [0.1, 0.15) is 24.8 Å². The second kappa shape index (κ2) is 6.11. The second-order valence-electron chi connectivity index (χ2n) is 5.54. The Morgan fingerprint density at radius 1 is 1.48 bits per heavy atom. The zero-order chi connectivity index (χ0) is 15.6. The maximum Gasteiger partial charge on any atom is 0.317 e. The SMILES string of the molecule is CC(CN(C)C(=O)N[C@@H]1C[C@H]1c1ccccc1F)C(=O)O. The zero-order valence-electron chi connectivity index (χ0n) is 12.0. The van der Waals surface area contributed by atoms with Crippen LogP contribution in [0.25, 0.3) is 0 Å². The summed E-state index contributed by atoms with van der Waals surface area (Å²) in [5.41, 5.74) is 0.615. The van der Waals surface area contributed by atoms with Gasteiger partial charge in [-0.05, 0) is 18.1 Å². The van der Waals surface area contributed by atoms with E-state index in [1.165, 1.54) is 11.0 Å². The molecular weight excluding hydrogens is 275 g/mol. The van der Waals surface area contributed by atoms with Crippen LogP contribution in [-0.2, 0) is 4.79 Å². The Bertz CT molecular complexity index is 549. The van der Waals surface area contributed by atoms with Crippen molar-refractivity contribution in [1.29, 1.82) is 0 Å². The van der Waals surface area contributed by atoms with Crippen LogP contribution in [0.2, 0.25) is 0 Å². The number of carboxylic acid groups (broad SMARTS) is 1. The van der Waals surface area contributed by atoms with Gasteiger partial charge in [-0.2, -0.15) is 0 Å². The fraction of sp³-hybridized carbons (Fsp3) is 0.467. The zero-order valence-corrected chi connectivity index (χ0v) is 12.0. The molecule has 2 N–H and O–H groups in total. The molecule has 3 atom stereocenters. The van der Waals surface area contributed by atoms with Crippen LogP contribution in [0.4, 0.5) is 9.18 Å². The quantitative estimate of drug-likeness (QED) is 0.873. The van der Waals surface area contributed by atoms with Gasteiger partial charge in [-0.25, -0.2) is 9.18 Å². The molecule has 1 aromatic rings. The fourth-order valence-electron chi connectivity index (χ4n) is 2.31. The third kappa shape index (κ3) is 3.71. The number of benzene rings is 1. The number of hydrogen-bond acceptors (Lipinski definition) is 2. The summed E-state index contributed by atoms with van der Waals surface area (Å²) in [6.45, 7) is 1.68. The standard InChI is InChI=1S/C15H19FN2O3/c1-9(14(19)20)8-18(2)15(21)17-13-7-11(13)10-5-3-4-6-12(10)16/h3-6,9,11,13H,7-8H2,1-2H3,(H,17,21)(H,19,20)/t9?,11-,13+/m0/s1. The number of nitrogens with zero attached hydrogens (tertiary/aromatic N) is 1. The molecule has 1 saturated carbocycles. The normalized spacial score (nSPS) is 21.5. The number of nitrogens with one attached hydrogen (secondary N) is 1. The first-order chi connectivity index (χ1) is 9.90. The van der Waals surface area contributed by atoms with Gasteiger partial charge in [0.05, 0.1) is 5.92 Å². The van der Waals surface area contributed by atoms with Gasteiger partial charge in [0.2, 0.25) is 0 Å². The highest BCUT2D eigenvalue weighted by Gasteiger charge is 2.41. The maximum absolute atomic E-state index is 13.6. The first-order valence-corrected chi connectivity index (χ1v) is 6.89. The lowest BCUT2D eigenvalue weighted by atomic mass is 10.1. The molecule has 1 aromatic carbocycles. The van der Waals surface area contributed by atoms with Crippen LogP contribution in [0.5, 0.6) is 0 Å². The number of carbonyl (C=O) groups excluding carboxylic acids is 1. The number of hydrogen-bond donors (Lipinski definition) is 2. The van der Waals surface area contributed by atoms with Gasteiger partial charge in [0.25, 0.3) is 0 Å². The average Bonchev–Trinajstić information content (AvgIpc) is 3.17. The Kier molecular flexibility index (Phi) is 4.45. The second-order valence-corrected chi connectivity index (χ2v) is 5.54. The first-order valence-electron chi connectivity index (χ1n) is 6.89. The van der Waals surface area contributed by atoms with Gasteiger partial charge in [-0.3, -0.25) is 4.79 Å². The van der Waals surface area contributed by atoms with E-state index in [0.29, 0.717) is 12.0 Å². The van der Waals surface area contributed by atoms with E-state index in [-0.39, 0.29) is 30.4 Å². The predicted octanol–water partition coefficient (Wildman–Crippen LogP) is 2.04. The van der Waals surface area contributed by atoms with E-state index in [1.54, 1.807) is 32.2 Å². The molecule has 6 heteroatoms. The van der Waals surface area contributed by atoms with E-state index in [9.17, 15) is 14.0 Å². The fourth-order valence-corrected chi connectivity index (χ4v) is 2.31. The number of carbonyl (C=O) groups is 2. The van der Waals surface area contributed by atoms with Crippen LogP contribution in [0.15, 0.2) is 24.3 Å². The van der Waals surface area contributed by atoms with Crippen molar-refractivity contribution in [1.82, 2.24) is 10.2 Å². The maximum atomic E-state index is 13.6. The minimum absolute atomic E-state index is 0.000414. The van der Waals surface area contributed by atoms with Crippen LogP contribution in [-0.4, -0.2) is 41.6 Å². The summed E-state index contributed by atoms with van der Waals surface area (Å²) in [7, 11) is 1.55. The van der Waals surface area contributed by atoms with Crippen molar-refractivity contribution in [2.45, 2.75) is 25.3 Å².